The van der Waals surface area contributed by atoms with E-state index in [0.29, 0.717) is 12.1 Å². The summed E-state index contributed by atoms with van der Waals surface area (Å²) in [6, 6.07) is 29.8. The van der Waals surface area contributed by atoms with Gasteiger partial charge in [-0.2, -0.15) is 0 Å². The van der Waals surface area contributed by atoms with E-state index in [1.807, 2.05) is 97.9 Å². The molecule has 0 spiro atoms. The predicted octanol–water partition coefficient (Wildman–Crippen LogP) is 5.39. The van der Waals surface area contributed by atoms with Gasteiger partial charge in [0, 0.05) is 23.5 Å². The van der Waals surface area contributed by atoms with Crippen molar-refractivity contribution >= 4 is 5.91 Å². The molecule has 1 N–H and O–H groups in total. The highest BCUT2D eigenvalue weighted by Gasteiger charge is 2.19. The van der Waals surface area contributed by atoms with Crippen LogP contribution in [0, 0.1) is 6.92 Å². The number of carbonyl (C=O) groups is 1. The molecule has 0 radical (unpaired) electrons. The minimum Gasteiger partial charge on any atom is -0.497 e. The molecule has 4 nitrogen and oxygen atoms in total. The molecular formula is C26H24N2O2. The average molecular weight is 396 g/mol. The molecule has 3 aromatic carbocycles. The summed E-state index contributed by atoms with van der Waals surface area (Å²) in [6.45, 7) is 2.47. The third-order valence-corrected chi connectivity index (χ3v) is 5.17. The van der Waals surface area contributed by atoms with E-state index in [4.69, 9.17) is 4.74 Å². The van der Waals surface area contributed by atoms with E-state index in [9.17, 15) is 4.79 Å². The summed E-state index contributed by atoms with van der Waals surface area (Å²) in [6.07, 6.45) is 0. The van der Waals surface area contributed by atoms with Gasteiger partial charge in [-0.15, -0.1) is 0 Å². The van der Waals surface area contributed by atoms with Crippen LogP contribution in [0.5, 0.6) is 5.75 Å². The lowest BCUT2D eigenvalue weighted by molar-refractivity contribution is 0.0950. The summed E-state index contributed by atoms with van der Waals surface area (Å²) < 4.78 is 7.52. The SMILES string of the molecule is COc1cccc(-c2cc(C(=O)NCc3ccccc3)c(C)n2-c2ccccc2)c1. The first-order valence-electron chi connectivity index (χ1n) is 9.91. The van der Waals surface area contributed by atoms with Crippen LogP contribution in [-0.4, -0.2) is 17.6 Å². The Bertz CT molecular complexity index is 1150. The van der Waals surface area contributed by atoms with Crippen molar-refractivity contribution in [1.29, 1.82) is 0 Å². The normalized spacial score (nSPS) is 10.6. The van der Waals surface area contributed by atoms with Gasteiger partial charge in [0.05, 0.1) is 18.4 Å². The van der Waals surface area contributed by atoms with Crippen molar-refractivity contribution in [3.8, 4) is 22.7 Å². The number of rotatable bonds is 6. The zero-order valence-electron chi connectivity index (χ0n) is 17.1. The van der Waals surface area contributed by atoms with Crippen molar-refractivity contribution < 1.29 is 9.53 Å². The Morgan fingerprint density at radius 1 is 0.900 bits per heavy atom. The van der Waals surface area contributed by atoms with Crippen LogP contribution < -0.4 is 10.1 Å². The average Bonchev–Trinajstić information content (AvgIpc) is 3.16. The van der Waals surface area contributed by atoms with Gasteiger partial charge in [0.1, 0.15) is 5.75 Å². The maximum Gasteiger partial charge on any atom is 0.253 e. The van der Waals surface area contributed by atoms with E-state index in [1.165, 1.54) is 0 Å². The van der Waals surface area contributed by atoms with Gasteiger partial charge < -0.3 is 14.6 Å². The van der Waals surface area contributed by atoms with Gasteiger partial charge in [0.15, 0.2) is 0 Å². The second kappa shape index (κ2) is 8.70. The van der Waals surface area contributed by atoms with Crippen LogP contribution in [-0.2, 0) is 6.54 Å². The Morgan fingerprint density at radius 3 is 2.30 bits per heavy atom. The second-order valence-electron chi connectivity index (χ2n) is 7.10. The molecule has 0 bridgehead atoms. The summed E-state index contributed by atoms with van der Waals surface area (Å²) in [5, 5.41) is 3.05. The Balaban J connectivity index is 1.75. The van der Waals surface area contributed by atoms with E-state index in [2.05, 4.69) is 9.88 Å². The first kappa shape index (κ1) is 19.5. The monoisotopic (exact) mass is 396 g/mol. The number of ether oxygens (including phenoxy) is 1. The van der Waals surface area contributed by atoms with Gasteiger partial charge in [0.2, 0.25) is 0 Å². The molecule has 0 aliphatic heterocycles. The van der Waals surface area contributed by atoms with E-state index in [0.717, 1.165) is 34.0 Å². The number of nitrogens with one attached hydrogen (secondary N) is 1. The third-order valence-electron chi connectivity index (χ3n) is 5.17. The fourth-order valence-corrected chi connectivity index (χ4v) is 3.61. The first-order valence-corrected chi connectivity index (χ1v) is 9.91. The number of benzene rings is 3. The third kappa shape index (κ3) is 3.98. The number of hydrogen-bond acceptors (Lipinski definition) is 2. The Kier molecular flexibility index (Phi) is 5.66. The minimum absolute atomic E-state index is 0.0878. The van der Waals surface area contributed by atoms with Crippen LogP contribution in [0.4, 0.5) is 0 Å². The van der Waals surface area contributed by atoms with Crippen LogP contribution in [0.1, 0.15) is 21.6 Å². The van der Waals surface area contributed by atoms with Crippen LogP contribution >= 0.6 is 0 Å². The van der Waals surface area contributed by atoms with E-state index < -0.39 is 0 Å². The van der Waals surface area contributed by atoms with Gasteiger partial charge in [-0.1, -0.05) is 60.7 Å². The Morgan fingerprint density at radius 2 is 1.60 bits per heavy atom. The first-order chi connectivity index (χ1) is 14.7. The van der Waals surface area contributed by atoms with Crippen LogP contribution in [0.25, 0.3) is 16.9 Å². The van der Waals surface area contributed by atoms with Gasteiger partial charge in [-0.3, -0.25) is 4.79 Å². The molecule has 1 heterocycles. The molecular weight excluding hydrogens is 372 g/mol. The van der Waals surface area contributed by atoms with Crippen molar-refractivity contribution in [1.82, 2.24) is 9.88 Å². The van der Waals surface area contributed by atoms with Crippen molar-refractivity contribution in [2.45, 2.75) is 13.5 Å². The molecule has 0 unspecified atom stereocenters. The summed E-state index contributed by atoms with van der Waals surface area (Å²) in [7, 11) is 1.66. The number of hydrogen-bond donors (Lipinski definition) is 1. The Labute approximate surface area is 176 Å². The molecule has 1 amide bonds. The van der Waals surface area contributed by atoms with Gasteiger partial charge in [-0.25, -0.2) is 0 Å². The van der Waals surface area contributed by atoms with E-state index in [-0.39, 0.29) is 5.91 Å². The number of carbonyl (C=O) groups excluding carboxylic acids is 1. The number of para-hydroxylation sites is 1. The lowest BCUT2D eigenvalue weighted by Crippen LogP contribution is -2.23. The predicted molar refractivity (Wildman–Crippen MR) is 120 cm³/mol. The summed E-state index contributed by atoms with van der Waals surface area (Å²) >= 11 is 0. The molecule has 0 saturated carbocycles. The smallest absolute Gasteiger partial charge is 0.253 e. The summed E-state index contributed by atoms with van der Waals surface area (Å²) in [4.78, 5) is 13.0. The zero-order valence-corrected chi connectivity index (χ0v) is 17.1. The van der Waals surface area contributed by atoms with Crippen molar-refractivity contribution in [3.05, 3.63) is 108 Å². The molecule has 4 heteroatoms. The highest BCUT2D eigenvalue weighted by molar-refractivity contribution is 5.97. The zero-order chi connectivity index (χ0) is 20.9. The molecule has 150 valence electrons. The lowest BCUT2D eigenvalue weighted by atomic mass is 10.1. The number of amides is 1. The molecule has 4 aromatic rings. The van der Waals surface area contributed by atoms with Crippen LogP contribution in [0.2, 0.25) is 0 Å². The molecule has 0 saturated heterocycles. The van der Waals surface area contributed by atoms with Crippen molar-refractivity contribution in [3.63, 3.8) is 0 Å². The molecule has 0 atom stereocenters. The standard InChI is InChI=1S/C26H24N2O2/c1-19-24(26(29)27-18-20-10-5-3-6-11-20)17-25(21-12-9-15-23(16-21)30-2)28(19)22-13-7-4-8-14-22/h3-17H,18H2,1-2H3,(H,27,29). The van der Waals surface area contributed by atoms with Crippen molar-refractivity contribution in [2.24, 2.45) is 0 Å². The summed E-state index contributed by atoms with van der Waals surface area (Å²) in [5.74, 6) is 0.691. The van der Waals surface area contributed by atoms with E-state index in [1.54, 1.807) is 7.11 Å². The lowest BCUT2D eigenvalue weighted by Gasteiger charge is -2.13. The molecule has 30 heavy (non-hydrogen) atoms. The molecule has 0 aliphatic carbocycles. The van der Waals surface area contributed by atoms with Gasteiger partial charge >= 0.3 is 0 Å². The largest absolute Gasteiger partial charge is 0.497 e. The fraction of sp³-hybridized carbons (Fsp3) is 0.115. The minimum atomic E-state index is -0.0878. The number of nitrogens with zero attached hydrogens (tertiary/aromatic N) is 1. The second-order valence-corrected chi connectivity index (χ2v) is 7.10. The maximum atomic E-state index is 13.0. The molecule has 0 fully saturated rings. The number of methoxy groups -OCH3 is 1. The van der Waals surface area contributed by atoms with Gasteiger partial charge in [0.25, 0.3) is 5.91 Å². The number of aromatic nitrogens is 1. The molecule has 4 rings (SSSR count). The fourth-order valence-electron chi connectivity index (χ4n) is 3.61. The van der Waals surface area contributed by atoms with Crippen molar-refractivity contribution in [2.75, 3.05) is 7.11 Å². The van der Waals surface area contributed by atoms with E-state index >= 15 is 0 Å². The quantitative estimate of drug-likeness (QED) is 0.475. The highest BCUT2D eigenvalue weighted by Crippen LogP contribution is 2.31. The highest BCUT2D eigenvalue weighted by atomic mass is 16.5. The topological polar surface area (TPSA) is 43.3 Å². The molecule has 1 aromatic heterocycles. The van der Waals surface area contributed by atoms with Crippen LogP contribution in [0.3, 0.4) is 0 Å². The molecule has 0 aliphatic rings. The van der Waals surface area contributed by atoms with Crippen LogP contribution in [0.15, 0.2) is 91.0 Å². The summed E-state index contributed by atoms with van der Waals surface area (Å²) in [5.41, 5.74) is 5.57. The Hall–Kier alpha value is -3.79. The van der Waals surface area contributed by atoms with Gasteiger partial charge in [-0.05, 0) is 42.8 Å². The maximum absolute atomic E-state index is 13.0.